The van der Waals surface area contributed by atoms with E-state index >= 15 is 0 Å². The summed E-state index contributed by atoms with van der Waals surface area (Å²) in [4.78, 5) is 58.6. The van der Waals surface area contributed by atoms with E-state index in [4.69, 9.17) is 4.74 Å². The lowest BCUT2D eigenvalue weighted by atomic mass is 10.1. The fraction of sp³-hybridized carbons (Fsp3) is 0.258. The highest BCUT2D eigenvalue weighted by molar-refractivity contribution is 5.96. The molecule has 4 aromatic rings. The Balaban J connectivity index is 1.50. The molecule has 2 heterocycles. The first-order chi connectivity index (χ1) is 21.9. The van der Waals surface area contributed by atoms with Crippen molar-refractivity contribution in [1.29, 1.82) is 0 Å². The number of alkyl carbamates (subject to hydrolysis) is 1. The number of methoxy groups -OCH3 is 1. The molecule has 4 rings (SSSR count). The number of nitrogens with one attached hydrogen (secondary N) is 3. The van der Waals surface area contributed by atoms with Crippen molar-refractivity contribution in [3.63, 3.8) is 0 Å². The lowest BCUT2D eigenvalue weighted by Crippen LogP contribution is -2.44. The normalized spacial score (nSPS) is 11.8. The molecule has 0 saturated carbocycles. The van der Waals surface area contributed by atoms with Crippen LogP contribution in [-0.4, -0.2) is 64.6 Å². The first-order valence-electron chi connectivity index (χ1n) is 13.9. The number of carbonyl (C=O) groups is 3. The van der Waals surface area contributed by atoms with E-state index in [2.05, 4.69) is 25.3 Å². The van der Waals surface area contributed by atoms with Crippen molar-refractivity contribution >= 4 is 34.6 Å². The Morgan fingerprint density at radius 3 is 2.61 bits per heavy atom. The number of rotatable bonds is 12. The van der Waals surface area contributed by atoms with Crippen molar-refractivity contribution < 1.29 is 37.0 Å². The number of aromatic nitrogens is 3. The number of ether oxygens (including phenoxy) is 2. The number of hydrogen-bond donors (Lipinski definition) is 3. The molecule has 0 aliphatic carbocycles. The Labute approximate surface area is 260 Å². The summed E-state index contributed by atoms with van der Waals surface area (Å²) >= 11 is 0. The number of aromatic amines is 1. The summed E-state index contributed by atoms with van der Waals surface area (Å²) in [5.74, 6) is -2.89. The molecule has 3 N–H and O–H groups in total. The average molecular weight is 641 g/mol. The van der Waals surface area contributed by atoms with Crippen LogP contribution in [0.4, 0.5) is 23.7 Å². The Morgan fingerprint density at radius 1 is 1.11 bits per heavy atom. The first-order valence-corrected chi connectivity index (χ1v) is 13.9. The summed E-state index contributed by atoms with van der Waals surface area (Å²) in [7, 11) is 4.33. The van der Waals surface area contributed by atoms with Gasteiger partial charge in [0.05, 0.1) is 19.2 Å². The molecule has 0 bridgehead atoms. The predicted molar refractivity (Wildman–Crippen MR) is 162 cm³/mol. The lowest BCUT2D eigenvalue weighted by molar-refractivity contribution is -0.123. The number of halogens is 3. The molecule has 0 aliphatic heterocycles. The van der Waals surface area contributed by atoms with Crippen molar-refractivity contribution in [1.82, 2.24) is 24.8 Å². The van der Waals surface area contributed by atoms with E-state index in [-0.39, 0.29) is 65.8 Å². The standard InChI is InChI=1S/C31H31F3N6O6/c1-39(2)27(41)9-5-4-7-22(37-31(44)45-3)29(42)36-23-8-6-12-40(30(23)43)16-26-35-24-14-20(33)15-25(28(24)38-26)46-17-18-10-11-19(32)13-21(18)34/h5-6,8-15,22H,4,7,16-17H2,1-3H3,(H,35,38)(H,36,42)(H,37,44)/b9-5+/t22-/m0/s1. The molecule has 12 nitrogen and oxygen atoms in total. The number of likely N-dealkylation sites (N-methyl/N-ethyl adjacent to an activating group) is 1. The number of imidazole rings is 1. The van der Waals surface area contributed by atoms with E-state index in [0.29, 0.717) is 6.07 Å². The largest absolute Gasteiger partial charge is 0.486 e. The second kappa shape index (κ2) is 14.9. The molecule has 0 radical (unpaired) electrons. The Bertz CT molecular complexity index is 1840. The van der Waals surface area contributed by atoms with Crippen molar-refractivity contribution in [2.45, 2.75) is 32.0 Å². The number of H-pyrrole nitrogens is 1. The van der Waals surface area contributed by atoms with E-state index in [1.54, 1.807) is 20.2 Å². The molecule has 242 valence electrons. The van der Waals surface area contributed by atoms with Crippen molar-refractivity contribution in [2.24, 2.45) is 0 Å². The molecule has 0 unspecified atom stereocenters. The molecule has 2 aromatic heterocycles. The van der Waals surface area contributed by atoms with E-state index in [9.17, 15) is 32.3 Å². The van der Waals surface area contributed by atoms with Gasteiger partial charge in [-0.1, -0.05) is 6.08 Å². The van der Waals surface area contributed by atoms with Gasteiger partial charge in [-0.2, -0.15) is 0 Å². The molecular weight excluding hydrogens is 609 g/mol. The van der Waals surface area contributed by atoms with Gasteiger partial charge in [0, 0.05) is 44.1 Å². The number of pyridine rings is 1. The second-order valence-corrected chi connectivity index (χ2v) is 10.3. The summed E-state index contributed by atoms with van der Waals surface area (Å²) in [5, 5.41) is 4.94. The van der Waals surface area contributed by atoms with Crippen LogP contribution in [0.3, 0.4) is 0 Å². The number of fused-ring (bicyclic) bond motifs is 1. The van der Waals surface area contributed by atoms with Crippen molar-refractivity contribution in [3.8, 4) is 5.75 Å². The molecule has 0 spiro atoms. The monoisotopic (exact) mass is 640 g/mol. The van der Waals surface area contributed by atoms with E-state index < -0.39 is 41.1 Å². The van der Waals surface area contributed by atoms with Gasteiger partial charge < -0.3 is 34.6 Å². The zero-order chi connectivity index (χ0) is 33.4. The summed E-state index contributed by atoms with van der Waals surface area (Å²) in [5.41, 5.74) is -0.160. The average Bonchev–Trinajstić information content (AvgIpc) is 3.41. The van der Waals surface area contributed by atoms with Crippen LogP contribution in [0.1, 0.15) is 24.2 Å². The predicted octanol–water partition coefficient (Wildman–Crippen LogP) is 3.86. The minimum Gasteiger partial charge on any atom is -0.486 e. The third-order valence-corrected chi connectivity index (χ3v) is 6.68. The summed E-state index contributed by atoms with van der Waals surface area (Å²) in [6.07, 6.45) is 3.87. The summed E-state index contributed by atoms with van der Waals surface area (Å²) < 4.78 is 53.1. The van der Waals surface area contributed by atoms with Crippen molar-refractivity contribution in [3.05, 3.63) is 100 Å². The van der Waals surface area contributed by atoms with Crippen molar-refractivity contribution in [2.75, 3.05) is 26.5 Å². The highest BCUT2D eigenvalue weighted by Crippen LogP contribution is 2.27. The SMILES string of the molecule is COC(=O)N[C@@H](CC/C=C/C(=O)N(C)C)C(=O)Nc1cccn(Cc2nc3cc(F)cc(OCc4ccc(F)cc4F)c3[nH]2)c1=O. The van der Waals surface area contributed by atoms with Crippen LogP contribution < -0.4 is 20.9 Å². The van der Waals surface area contributed by atoms with Crippen LogP contribution in [0, 0.1) is 17.5 Å². The number of amides is 3. The van der Waals surface area contributed by atoms with Gasteiger partial charge >= 0.3 is 6.09 Å². The first kappa shape index (κ1) is 33.3. The van der Waals surface area contributed by atoms with E-state index in [0.717, 1.165) is 25.3 Å². The van der Waals surface area contributed by atoms with Gasteiger partial charge in [0.1, 0.15) is 52.9 Å². The molecule has 1 atom stereocenters. The number of hydrogen-bond acceptors (Lipinski definition) is 7. The fourth-order valence-corrected chi connectivity index (χ4v) is 4.29. The fourth-order valence-electron chi connectivity index (χ4n) is 4.29. The number of benzene rings is 2. The zero-order valence-corrected chi connectivity index (χ0v) is 25.1. The number of allylic oxidation sites excluding steroid dienone is 1. The molecule has 0 saturated heterocycles. The Morgan fingerprint density at radius 2 is 1.89 bits per heavy atom. The van der Waals surface area contributed by atoms with Gasteiger partial charge in [0.15, 0.2) is 0 Å². The topological polar surface area (TPSA) is 148 Å². The maximum absolute atomic E-state index is 14.4. The minimum absolute atomic E-state index is 0.0240. The van der Waals surface area contributed by atoms with Crippen LogP contribution >= 0.6 is 0 Å². The quantitative estimate of drug-likeness (QED) is 0.199. The van der Waals surface area contributed by atoms with Gasteiger partial charge in [-0.25, -0.2) is 22.9 Å². The van der Waals surface area contributed by atoms with Crippen LogP contribution in [0.5, 0.6) is 5.75 Å². The van der Waals surface area contributed by atoms with Crippen LogP contribution in [0.25, 0.3) is 11.0 Å². The van der Waals surface area contributed by atoms with Crippen LogP contribution in [0.15, 0.2) is 65.6 Å². The molecule has 0 fully saturated rings. The van der Waals surface area contributed by atoms with E-state index in [1.165, 1.54) is 39.9 Å². The maximum atomic E-state index is 14.4. The lowest BCUT2D eigenvalue weighted by Gasteiger charge is -2.17. The molecule has 46 heavy (non-hydrogen) atoms. The summed E-state index contributed by atoms with van der Waals surface area (Å²) in [6.45, 7) is -0.421. The number of nitrogens with zero attached hydrogens (tertiary/aromatic N) is 3. The molecular formula is C31H31F3N6O6. The third-order valence-electron chi connectivity index (χ3n) is 6.68. The van der Waals surface area contributed by atoms with Gasteiger partial charge in [-0.3, -0.25) is 14.4 Å². The highest BCUT2D eigenvalue weighted by atomic mass is 19.1. The van der Waals surface area contributed by atoms with Crippen LogP contribution in [0.2, 0.25) is 0 Å². The van der Waals surface area contributed by atoms with E-state index in [1.807, 2.05) is 0 Å². The number of anilines is 1. The van der Waals surface area contributed by atoms with Crippen LogP contribution in [-0.2, 0) is 27.5 Å². The highest BCUT2D eigenvalue weighted by Gasteiger charge is 2.22. The Hall–Kier alpha value is -5.60. The van der Waals surface area contributed by atoms with Gasteiger partial charge in [0.2, 0.25) is 11.8 Å². The third kappa shape index (κ3) is 8.52. The minimum atomic E-state index is -1.09. The zero-order valence-electron chi connectivity index (χ0n) is 25.1. The smallest absolute Gasteiger partial charge is 0.407 e. The number of carbonyl (C=O) groups excluding carboxylic acids is 3. The van der Waals surface area contributed by atoms with Gasteiger partial charge in [-0.05, 0) is 43.2 Å². The molecule has 2 aromatic carbocycles. The molecule has 3 amide bonds. The van der Waals surface area contributed by atoms with Gasteiger partial charge in [-0.15, -0.1) is 0 Å². The maximum Gasteiger partial charge on any atom is 0.407 e. The summed E-state index contributed by atoms with van der Waals surface area (Å²) in [6, 6.07) is 7.06. The molecule has 0 aliphatic rings. The second-order valence-electron chi connectivity index (χ2n) is 10.3. The Kier molecular flexibility index (Phi) is 10.8. The van der Waals surface area contributed by atoms with Gasteiger partial charge in [0.25, 0.3) is 5.56 Å². The molecule has 15 heteroatoms.